The summed E-state index contributed by atoms with van der Waals surface area (Å²) in [5.74, 6) is 6.04. The van der Waals surface area contributed by atoms with Crippen LogP contribution >= 0.6 is 0 Å². The van der Waals surface area contributed by atoms with Gasteiger partial charge in [0.05, 0.1) is 31.8 Å². The molecule has 11 nitrogen and oxygen atoms in total. The predicted molar refractivity (Wildman–Crippen MR) is 306 cm³/mol. The number of benzene rings is 4. The molecule has 11 heteroatoms. The Balaban J connectivity index is 1.03. The summed E-state index contributed by atoms with van der Waals surface area (Å²) < 4.78 is 33.4. The molecule has 5 bridgehead atoms. The van der Waals surface area contributed by atoms with Crippen LogP contribution in [0.4, 0.5) is 0 Å². The van der Waals surface area contributed by atoms with Crippen LogP contribution in [0, 0.1) is 29.6 Å². The highest BCUT2D eigenvalue weighted by Crippen LogP contribution is 2.57. The van der Waals surface area contributed by atoms with Crippen molar-refractivity contribution in [2.75, 3.05) is 26.9 Å². The van der Waals surface area contributed by atoms with E-state index in [4.69, 9.17) is 23.4 Å². The van der Waals surface area contributed by atoms with Crippen molar-refractivity contribution in [3.05, 3.63) is 162 Å². The number of fused-ring (bicyclic) bond motifs is 12. The Kier molecular flexibility index (Phi) is 15.6. The number of aliphatic hydroxyl groups is 3. The van der Waals surface area contributed by atoms with Gasteiger partial charge < -0.3 is 38.7 Å². The molecule has 4 aliphatic carbocycles. The van der Waals surface area contributed by atoms with Crippen LogP contribution in [-0.4, -0.2) is 65.9 Å². The highest BCUT2D eigenvalue weighted by Gasteiger charge is 2.59. The molecule has 3 aliphatic heterocycles. The SMILES string of the molecule is COC[C@@H](CCO)c1c(CO)c2ccc3c(c2oc1=O)[C@H]1OC(=O)C[C@H]2C[C@H](c4cccc([C@]56CCCC[C@@H]5C=Cc5ccccc56)c4)CC[C@@H]2c2ccc4cc2CC#CC[C@@](C2CCCCC2)(O3)[C@H]1OC(=O)/C(=C(/C)CO)CC4. The summed E-state index contributed by atoms with van der Waals surface area (Å²) in [4.78, 5) is 45.6. The minimum Gasteiger partial charge on any atom is -0.481 e. The number of carbonyl (C=O) groups excluding carboxylic acids is 2. The molecular formula is C69H76O11. The van der Waals surface area contributed by atoms with Crippen LogP contribution in [0.5, 0.6) is 5.75 Å². The largest absolute Gasteiger partial charge is 0.481 e. The van der Waals surface area contributed by atoms with Crippen LogP contribution in [0.2, 0.25) is 0 Å². The second-order valence-corrected chi connectivity index (χ2v) is 24.2. The summed E-state index contributed by atoms with van der Waals surface area (Å²) in [6.45, 7) is 0.708. The van der Waals surface area contributed by atoms with Crippen LogP contribution in [0.15, 0.2) is 105 Å². The summed E-state index contributed by atoms with van der Waals surface area (Å²) in [5.41, 5.74) is 8.13. The lowest BCUT2D eigenvalue weighted by molar-refractivity contribution is -0.204. The molecule has 4 aromatic carbocycles. The Labute approximate surface area is 469 Å². The maximum atomic E-state index is 15.7. The van der Waals surface area contributed by atoms with Gasteiger partial charge in [0, 0.05) is 60.3 Å². The number of aliphatic hydroxyl groups excluding tert-OH is 3. The molecule has 4 heterocycles. The Hall–Kier alpha value is -6.29. The van der Waals surface area contributed by atoms with Gasteiger partial charge in [0.25, 0.3) is 0 Å². The molecule has 0 amide bonds. The number of carbonyl (C=O) groups is 2. The zero-order chi connectivity index (χ0) is 55.1. The molecule has 0 unspecified atom stereocenters. The standard InChI is InChI=1S/C69H76O11/c1-42(39-71)53-26-21-43-22-27-54-47(35-43)14-8-11-33-69(51-17-4-3-5-18-51)65(79-66(53)74)64(62-59(80-69)30-29-56-57(40-72)61(67(75)78-63(56)62)48(31-34-70)41-76-2)77-60(73)38-49-36-46(24-28-55(49)54)45-15-12-19-52(37-45)68-32-10-9-16-50(68)25-23-44-13-6-7-20-58(44)68/h6-7,12-13,15,19-20,22-23,25,27,29-30,35,37,46,48-51,55,64-65,70-72H,3-5,9-10,14,16-18,21,24,26,28,31-34,36,38-41H2,1-2H3/b53-42-/t46-,48-,49-,50-,55+,64-,65+,68+,69+/m1/s1. The van der Waals surface area contributed by atoms with E-state index in [1.165, 1.54) is 47.8 Å². The molecule has 0 radical (unpaired) electrons. The van der Waals surface area contributed by atoms with Crippen LogP contribution in [0.1, 0.15) is 189 Å². The molecule has 0 spiro atoms. The number of ether oxygens (including phenoxy) is 4. The average molecular weight is 1080 g/mol. The molecule has 418 valence electrons. The lowest BCUT2D eigenvalue weighted by Gasteiger charge is -2.51. The predicted octanol–water partition coefficient (Wildman–Crippen LogP) is 12.1. The van der Waals surface area contributed by atoms with Gasteiger partial charge in [-0.3, -0.25) is 4.79 Å². The van der Waals surface area contributed by atoms with Crippen LogP contribution in [0.25, 0.3) is 17.0 Å². The number of rotatable bonds is 10. The maximum Gasteiger partial charge on any atom is 0.340 e. The van der Waals surface area contributed by atoms with Crippen molar-refractivity contribution < 1.29 is 48.3 Å². The molecule has 3 N–H and O–H groups in total. The number of hydrogen-bond donors (Lipinski definition) is 3. The fraction of sp³-hybridized carbons (Fsp3) is 0.493. The van der Waals surface area contributed by atoms with Crippen molar-refractivity contribution in [1.29, 1.82) is 0 Å². The molecule has 1 aromatic heterocycles. The van der Waals surface area contributed by atoms with Gasteiger partial charge in [-0.1, -0.05) is 123 Å². The summed E-state index contributed by atoms with van der Waals surface area (Å²) in [7, 11) is 1.52. The second kappa shape index (κ2) is 22.9. The minimum absolute atomic E-state index is 0.00716. The minimum atomic E-state index is -1.35. The van der Waals surface area contributed by atoms with Crippen LogP contribution < -0.4 is 10.4 Å². The van der Waals surface area contributed by atoms with Gasteiger partial charge in [-0.2, -0.15) is 0 Å². The average Bonchev–Trinajstić information content (AvgIpc) is 3.68. The molecule has 80 heavy (non-hydrogen) atoms. The van der Waals surface area contributed by atoms with E-state index >= 15 is 9.59 Å². The number of aryl methyl sites for hydroxylation is 1. The number of esters is 2. The normalized spacial score (nSPS) is 28.5. The number of hydrogen-bond acceptors (Lipinski definition) is 11. The Morgan fingerprint density at radius 2 is 1.71 bits per heavy atom. The Bertz CT molecular complexity index is 3360. The summed E-state index contributed by atoms with van der Waals surface area (Å²) in [6, 6.07) is 28.5. The summed E-state index contributed by atoms with van der Waals surface area (Å²) >= 11 is 0. The van der Waals surface area contributed by atoms with Gasteiger partial charge in [-0.05, 0) is 157 Å². The highest BCUT2D eigenvalue weighted by atomic mass is 16.6. The van der Waals surface area contributed by atoms with Gasteiger partial charge in [-0.15, -0.1) is 0 Å². The lowest BCUT2D eigenvalue weighted by atomic mass is 9.56. The number of methoxy groups -OCH3 is 1. The first-order valence-electron chi connectivity index (χ1n) is 29.8. The molecule has 5 aromatic rings. The Morgan fingerprint density at radius 3 is 2.54 bits per heavy atom. The molecule has 12 rings (SSSR count). The van der Waals surface area contributed by atoms with Gasteiger partial charge >= 0.3 is 17.6 Å². The zero-order valence-electron chi connectivity index (χ0n) is 46.4. The quantitative estimate of drug-likeness (QED) is 0.0528. The van der Waals surface area contributed by atoms with E-state index in [0.29, 0.717) is 46.6 Å². The number of allylic oxidation sites excluding steroid dienone is 1. The second-order valence-electron chi connectivity index (χ2n) is 24.2. The molecule has 0 saturated heterocycles. The third-order valence-corrected chi connectivity index (χ3v) is 20.0. The first-order chi connectivity index (χ1) is 39.1. The molecule has 3 saturated carbocycles. The topological polar surface area (TPSA) is 162 Å². The first-order valence-corrected chi connectivity index (χ1v) is 29.8. The molecule has 3 fully saturated rings. The Morgan fingerprint density at radius 1 is 0.863 bits per heavy atom. The van der Waals surface area contributed by atoms with Gasteiger partial charge in [0.15, 0.2) is 17.8 Å². The van der Waals surface area contributed by atoms with Crippen LogP contribution in [-0.2, 0) is 48.7 Å². The fourth-order valence-corrected chi connectivity index (χ4v) is 16.1. The van der Waals surface area contributed by atoms with Crippen molar-refractivity contribution >= 4 is 29.0 Å². The van der Waals surface area contributed by atoms with E-state index in [1.54, 1.807) is 19.1 Å². The molecular weight excluding hydrogens is 1000 g/mol. The lowest BCUT2D eigenvalue weighted by Crippen LogP contribution is -2.60. The van der Waals surface area contributed by atoms with E-state index in [1.807, 2.05) is 0 Å². The van der Waals surface area contributed by atoms with E-state index in [9.17, 15) is 20.1 Å². The van der Waals surface area contributed by atoms with Crippen molar-refractivity contribution in [3.63, 3.8) is 0 Å². The van der Waals surface area contributed by atoms with Gasteiger partial charge in [0.2, 0.25) is 0 Å². The highest BCUT2D eigenvalue weighted by molar-refractivity contribution is 5.90. The third-order valence-electron chi connectivity index (χ3n) is 20.0. The summed E-state index contributed by atoms with van der Waals surface area (Å²) in [5, 5.41) is 32.4. The van der Waals surface area contributed by atoms with Crippen LogP contribution in [0.3, 0.4) is 0 Å². The van der Waals surface area contributed by atoms with E-state index in [2.05, 4.69) is 90.7 Å². The van der Waals surface area contributed by atoms with Crippen molar-refractivity contribution in [1.82, 2.24) is 0 Å². The van der Waals surface area contributed by atoms with Crippen molar-refractivity contribution in [3.8, 4) is 17.6 Å². The first kappa shape index (κ1) is 54.3. The summed E-state index contributed by atoms with van der Waals surface area (Å²) in [6.07, 6.45) is 15.4. The monoisotopic (exact) mass is 1080 g/mol. The molecule has 7 aliphatic rings. The maximum absolute atomic E-state index is 15.7. The van der Waals surface area contributed by atoms with E-state index in [0.717, 1.165) is 75.3 Å². The zero-order valence-corrected chi connectivity index (χ0v) is 46.4. The fourth-order valence-electron chi connectivity index (χ4n) is 16.1. The van der Waals surface area contributed by atoms with E-state index < -0.39 is 47.9 Å². The van der Waals surface area contributed by atoms with Crippen molar-refractivity contribution in [2.24, 2.45) is 17.8 Å². The molecule has 9 atom stereocenters. The van der Waals surface area contributed by atoms with E-state index in [-0.39, 0.29) is 91.3 Å². The van der Waals surface area contributed by atoms with Gasteiger partial charge in [0.1, 0.15) is 11.3 Å². The smallest absolute Gasteiger partial charge is 0.340 e. The third kappa shape index (κ3) is 9.65. The van der Waals surface area contributed by atoms with Crippen molar-refractivity contribution in [2.45, 2.75) is 170 Å². The van der Waals surface area contributed by atoms with Gasteiger partial charge in [-0.25, -0.2) is 9.59 Å².